The van der Waals surface area contributed by atoms with Crippen LogP contribution in [0.15, 0.2) is 45.6 Å². The molecule has 0 aliphatic heterocycles. The van der Waals surface area contributed by atoms with Crippen LogP contribution in [0.3, 0.4) is 0 Å². The summed E-state index contributed by atoms with van der Waals surface area (Å²) in [5, 5.41) is 1.28. The molecule has 1 heterocycles. The van der Waals surface area contributed by atoms with Gasteiger partial charge in [0.25, 0.3) is 0 Å². The molecule has 0 saturated carbocycles. The van der Waals surface area contributed by atoms with Crippen LogP contribution >= 0.6 is 45.2 Å². The summed E-state index contributed by atoms with van der Waals surface area (Å²) in [7, 11) is 0. The zero-order valence-electron chi connectivity index (χ0n) is 8.54. The zero-order valence-corrected chi connectivity index (χ0v) is 12.9. The Morgan fingerprint density at radius 1 is 0.882 bits per heavy atom. The Morgan fingerprint density at radius 3 is 2.41 bits per heavy atom. The Hall–Kier alpha value is -0.630. The molecular formula is C13H6I2O2. The second-order valence-corrected chi connectivity index (χ2v) is 6.01. The summed E-state index contributed by atoms with van der Waals surface area (Å²) in [6.07, 6.45) is 0. The Bertz CT molecular complexity index is 790. The van der Waals surface area contributed by atoms with Crippen molar-refractivity contribution in [2.24, 2.45) is 0 Å². The van der Waals surface area contributed by atoms with E-state index < -0.39 is 0 Å². The molecule has 84 valence electrons. The molecule has 0 unspecified atom stereocenters. The van der Waals surface area contributed by atoms with Gasteiger partial charge in [0.2, 0.25) is 5.43 Å². The normalized spacial score (nSPS) is 11.2. The smallest absolute Gasteiger partial charge is 0.200 e. The first kappa shape index (κ1) is 11.5. The molecule has 0 saturated heterocycles. The summed E-state index contributed by atoms with van der Waals surface area (Å²) >= 11 is 4.46. The van der Waals surface area contributed by atoms with Gasteiger partial charge in [-0.2, -0.15) is 0 Å². The molecule has 4 heteroatoms. The Labute approximate surface area is 124 Å². The quantitative estimate of drug-likeness (QED) is 0.382. The van der Waals surface area contributed by atoms with Crippen LogP contribution in [0.25, 0.3) is 21.9 Å². The van der Waals surface area contributed by atoms with Gasteiger partial charge < -0.3 is 4.42 Å². The van der Waals surface area contributed by atoms with Gasteiger partial charge in [-0.3, -0.25) is 4.79 Å². The van der Waals surface area contributed by atoms with Crippen molar-refractivity contribution in [3.8, 4) is 0 Å². The van der Waals surface area contributed by atoms with Gasteiger partial charge in [-0.15, -0.1) is 0 Å². The van der Waals surface area contributed by atoms with Gasteiger partial charge in [0, 0.05) is 7.14 Å². The van der Waals surface area contributed by atoms with E-state index in [9.17, 15) is 4.79 Å². The molecule has 0 spiro atoms. The van der Waals surface area contributed by atoms with Crippen LogP contribution in [0, 0.1) is 7.14 Å². The lowest BCUT2D eigenvalue weighted by atomic mass is 10.1. The van der Waals surface area contributed by atoms with Gasteiger partial charge in [0.1, 0.15) is 11.2 Å². The van der Waals surface area contributed by atoms with Crippen molar-refractivity contribution in [1.29, 1.82) is 0 Å². The van der Waals surface area contributed by atoms with Crippen LogP contribution in [-0.2, 0) is 0 Å². The molecule has 0 bridgehead atoms. The third-order valence-electron chi connectivity index (χ3n) is 2.62. The molecule has 0 aliphatic rings. The second-order valence-electron chi connectivity index (χ2n) is 3.69. The summed E-state index contributed by atoms with van der Waals surface area (Å²) in [5.41, 5.74) is 1.33. The molecule has 0 N–H and O–H groups in total. The van der Waals surface area contributed by atoms with Gasteiger partial charge in [-0.1, -0.05) is 12.1 Å². The van der Waals surface area contributed by atoms with E-state index in [2.05, 4.69) is 45.2 Å². The first-order valence-corrected chi connectivity index (χ1v) is 7.13. The first-order valence-electron chi connectivity index (χ1n) is 4.97. The third kappa shape index (κ3) is 1.87. The highest BCUT2D eigenvalue weighted by atomic mass is 127. The predicted molar refractivity (Wildman–Crippen MR) is 85.4 cm³/mol. The van der Waals surface area contributed by atoms with Crippen molar-refractivity contribution in [2.45, 2.75) is 0 Å². The minimum Gasteiger partial charge on any atom is -0.456 e. The van der Waals surface area contributed by atoms with Crippen LogP contribution in [-0.4, -0.2) is 0 Å². The second kappa shape index (κ2) is 4.24. The molecule has 2 nitrogen and oxygen atoms in total. The lowest BCUT2D eigenvalue weighted by molar-refractivity contribution is 0.659. The van der Waals surface area contributed by atoms with Gasteiger partial charge in [0.05, 0.1) is 10.8 Å². The Morgan fingerprint density at radius 2 is 1.59 bits per heavy atom. The van der Waals surface area contributed by atoms with Crippen molar-refractivity contribution in [1.82, 2.24) is 0 Å². The van der Waals surface area contributed by atoms with Crippen molar-refractivity contribution < 1.29 is 4.42 Å². The number of halogens is 2. The fraction of sp³-hybridized carbons (Fsp3) is 0. The molecule has 0 atom stereocenters. The van der Waals surface area contributed by atoms with E-state index in [1.807, 2.05) is 30.3 Å². The highest BCUT2D eigenvalue weighted by Crippen LogP contribution is 2.24. The highest BCUT2D eigenvalue weighted by molar-refractivity contribution is 14.1. The largest absolute Gasteiger partial charge is 0.456 e. The molecule has 0 fully saturated rings. The maximum absolute atomic E-state index is 12.3. The van der Waals surface area contributed by atoms with E-state index in [0.29, 0.717) is 21.9 Å². The zero-order chi connectivity index (χ0) is 12.0. The van der Waals surface area contributed by atoms with E-state index in [0.717, 1.165) is 7.14 Å². The van der Waals surface area contributed by atoms with E-state index in [-0.39, 0.29) is 5.43 Å². The Kier molecular flexibility index (Phi) is 2.86. The number of hydrogen-bond donors (Lipinski definition) is 0. The van der Waals surface area contributed by atoms with Crippen LogP contribution in [0.4, 0.5) is 0 Å². The summed E-state index contributed by atoms with van der Waals surface area (Å²) in [4.78, 5) is 12.3. The monoisotopic (exact) mass is 448 g/mol. The Balaban J connectivity index is 2.60. The molecule has 0 aliphatic carbocycles. The molecule has 0 amide bonds. The predicted octanol–water partition coefficient (Wildman–Crippen LogP) is 4.16. The fourth-order valence-corrected chi connectivity index (χ4v) is 2.70. The number of para-hydroxylation sites is 1. The fourth-order valence-electron chi connectivity index (χ4n) is 1.80. The minimum absolute atomic E-state index is 0.0381. The third-order valence-corrected chi connectivity index (χ3v) is 5.44. The van der Waals surface area contributed by atoms with Crippen LogP contribution in [0.1, 0.15) is 0 Å². The van der Waals surface area contributed by atoms with Crippen LogP contribution < -0.4 is 5.43 Å². The average molecular weight is 448 g/mol. The summed E-state index contributed by atoms with van der Waals surface area (Å²) < 4.78 is 7.91. The minimum atomic E-state index is 0.0381. The van der Waals surface area contributed by atoms with Crippen molar-refractivity contribution in [3.05, 3.63) is 53.8 Å². The van der Waals surface area contributed by atoms with Crippen LogP contribution in [0.2, 0.25) is 0 Å². The van der Waals surface area contributed by atoms with Gasteiger partial charge in [0.15, 0.2) is 0 Å². The molecule has 3 aromatic rings. The van der Waals surface area contributed by atoms with E-state index in [4.69, 9.17) is 4.42 Å². The van der Waals surface area contributed by atoms with Gasteiger partial charge in [-0.25, -0.2) is 0 Å². The summed E-state index contributed by atoms with van der Waals surface area (Å²) in [5.74, 6) is 0. The standard InChI is InChI=1S/C13H6I2O2/c14-9-5-8-12(6-10(9)15)17-11-4-2-1-3-7(11)13(8)16/h1-6H. The summed E-state index contributed by atoms with van der Waals surface area (Å²) in [6.45, 7) is 0. The SMILES string of the molecule is O=c1c2ccccc2oc2cc(I)c(I)cc12. The molecule has 1 aromatic heterocycles. The topological polar surface area (TPSA) is 30.2 Å². The maximum Gasteiger partial charge on any atom is 0.200 e. The number of rotatable bonds is 0. The van der Waals surface area contributed by atoms with Crippen molar-refractivity contribution in [2.75, 3.05) is 0 Å². The van der Waals surface area contributed by atoms with Gasteiger partial charge in [-0.05, 0) is 69.4 Å². The maximum atomic E-state index is 12.3. The van der Waals surface area contributed by atoms with Crippen molar-refractivity contribution in [3.63, 3.8) is 0 Å². The lowest BCUT2D eigenvalue weighted by Crippen LogP contribution is -2.02. The molecule has 3 rings (SSSR count). The summed E-state index contributed by atoms with van der Waals surface area (Å²) in [6, 6.07) is 11.1. The number of fused-ring (bicyclic) bond motifs is 2. The van der Waals surface area contributed by atoms with Crippen molar-refractivity contribution >= 4 is 67.1 Å². The van der Waals surface area contributed by atoms with Gasteiger partial charge >= 0.3 is 0 Å². The van der Waals surface area contributed by atoms with Crippen LogP contribution in [0.5, 0.6) is 0 Å². The van der Waals surface area contributed by atoms with E-state index in [1.165, 1.54) is 0 Å². The average Bonchev–Trinajstić information content (AvgIpc) is 2.32. The molecule has 0 radical (unpaired) electrons. The molecule has 17 heavy (non-hydrogen) atoms. The van der Waals surface area contributed by atoms with E-state index in [1.54, 1.807) is 6.07 Å². The molecule has 2 aromatic carbocycles. The highest BCUT2D eigenvalue weighted by Gasteiger charge is 2.09. The molecular weight excluding hydrogens is 442 g/mol. The van der Waals surface area contributed by atoms with E-state index >= 15 is 0 Å². The number of hydrogen-bond acceptors (Lipinski definition) is 2. The first-order chi connectivity index (χ1) is 8.16. The number of benzene rings is 2. The lowest BCUT2D eigenvalue weighted by Gasteiger charge is -2.03.